The predicted molar refractivity (Wildman–Crippen MR) is 68.7 cm³/mol. The van der Waals surface area contributed by atoms with Crippen LogP contribution < -0.4 is 11.4 Å². The van der Waals surface area contributed by atoms with Gasteiger partial charge in [0, 0.05) is 18.0 Å². The summed E-state index contributed by atoms with van der Waals surface area (Å²) in [7, 11) is 0. The largest absolute Gasteiger partial charge is 0.480 e. The molecule has 7 nitrogen and oxygen atoms in total. The first kappa shape index (κ1) is 12.6. The van der Waals surface area contributed by atoms with Gasteiger partial charge in [-0.05, 0) is 24.3 Å². The summed E-state index contributed by atoms with van der Waals surface area (Å²) in [5, 5.41) is 15.9. The summed E-state index contributed by atoms with van der Waals surface area (Å²) in [5.74, 6) is -1.13. The number of carbonyl (C=O) groups is 1. The molecule has 19 heavy (non-hydrogen) atoms. The van der Waals surface area contributed by atoms with Crippen molar-refractivity contribution in [3.8, 4) is 5.69 Å². The van der Waals surface area contributed by atoms with Crippen LogP contribution in [0.2, 0.25) is 0 Å². The third kappa shape index (κ3) is 2.54. The van der Waals surface area contributed by atoms with E-state index in [0.29, 0.717) is 11.3 Å². The Kier molecular flexibility index (Phi) is 3.19. The minimum Gasteiger partial charge on any atom is -0.480 e. The zero-order chi connectivity index (χ0) is 14.0. The number of carboxylic acid groups (broad SMARTS) is 1. The number of benzene rings is 1. The van der Waals surface area contributed by atoms with Crippen LogP contribution in [0.1, 0.15) is 5.56 Å². The van der Waals surface area contributed by atoms with Crippen LogP contribution >= 0.6 is 0 Å². The van der Waals surface area contributed by atoms with Crippen molar-refractivity contribution < 1.29 is 9.90 Å². The molecule has 0 bridgehead atoms. The second kappa shape index (κ2) is 4.81. The Morgan fingerprint density at radius 2 is 1.89 bits per heavy atom. The summed E-state index contributed by atoms with van der Waals surface area (Å²) in [6, 6.07) is 6.53. The van der Waals surface area contributed by atoms with Gasteiger partial charge in [-0.15, -0.1) is 0 Å². The monoisotopic (exact) mass is 260 g/mol. The molecule has 98 valence electrons. The fourth-order valence-corrected chi connectivity index (χ4v) is 1.68. The van der Waals surface area contributed by atoms with E-state index in [9.17, 15) is 9.59 Å². The summed E-state index contributed by atoms with van der Waals surface area (Å²) in [6.45, 7) is -0.378. The topological polar surface area (TPSA) is 114 Å². The molecule has 1 aromatic carbocycles. The fraction of sp³-hybridized carbons (Fsp3) is 0.0833. The van der Waals surface area contributed by atoms with Gasteiger partial charge in [0.2, 0.25) is 0 Å². The molecule has 0 aliphatic carbocycles. The van der Waals surface area contributed by atoms with Crippen molar-refractivity contribution in [1.82, 2.24) is 9.13 Å². The second-order valence-electron chi connectivity index (χ2n) is 3.93. The van der Waals surface area contributed by atoms with E-state index in [0.717, 1.165) is 4.57 Å². The first-order chi connectivity index (χ1) is 8.99. The molecular weight excluding hydrogens is 248 g/mol. The molecule has 0 atom stereocenters. The van der Waals surface area contributed by atoms with Crippen LogP contribution in [0.4, 0.5) is 0 Å². The van der Waals surface area contributed by atoms with Gasteiger partial charge in [-0.3, -0.25) is 19.3 Å². The van der Waals surface area contributed by atoms with Gasteiger partial charge in [-0.25, -0.2) is 4.79 Å². The van der Waals surface area contributed by atoms with Crippen molar-refractivity contribution in [3.63, 3.8) is 0 Å². The lowest BCUT2D eigenvalue weighted by molar-refractivity contribution is -0.137. The molecule has 0 unspecified atom stereocenters. The minimum absolute atomic E-state index is 0.0534. The number of amidine groups is 1. The Balaban J connectivity index is 2.37. The quantitative estimate of drug-likeness (QED) is 0.530. The lowest BCUT2D eigenvalue weighted by Crippen LogP contribution is -2.25. The SMILES string of the molecule is N=C(N)c1ccc(-n2ccn(CC(=O)O)c2=O)cc1. The summed E-state index contributed by atoms with van der Waals surface area (Å²) in [6.07, 6.45) is 2.91. The Labute approximate surface area is 108 Å². The van der Waals surface area contributed by atoms with E-state index in [2.05, 4.69) is 0 Å². The summed E-state index contributed by atoms with van der Waals surface area (Å²) in [5.41, 5.74) is 6.04. The van der Waals surface area contributed by atoms with Gasteiger partial charge in [0.05, 0.1) is 5.69 Å². The van der Waals surface area contributed by atoms with Crippen molar-refractivity contribution in [2.75, 3.05) is 0 Å². The van der Waals surface area contributed by atoms with Gasteiger partial charge >= 0.3 is 11.7 Å². The number of rotatable bonds is 4. The first-order valence-corrected chi connectivity index (χ1v) is 5.43. The van der Waals surface area contributed by atoms with Gasteiger partial charge in [0.25, 0.3) is 0 Å². The number of aliphatic carboxylic acids is 1. The lowest BCUT2D eigenvalue weighted by atomic mass is 10.2. The highest BCUT2D eigenvalue weighted by atomic mass is 16.4. The number of nitrogen functional groups attached to an aromatic ring is 1. The van der Waals surface area contributed by atoms with E-state index in [-0.39, 0.29) is 12.4 Å². The number of carboxylic acids is 1. The zero-order valence-corrected chi connectivity index (χ0v) is 9.91. The van der Waals surface area contributed by atoms with Crippen LogP contribution in [0, 0.1) is 5.41 Å². The van der Waals surface area contributed by atoms with Gasteiger partial charge < -0.3 is 10.8 Å². The highest BCUT2D eigenvalue weighted by Gasteiger charge is 2.08. The molecule has 7 heteroatoms. The van der Waals surface area contributed by atoms with E-state index < -0.39 is 11.7 Å². The third-order valence-corrected chi connectivity index (χ3v) is 2.61. The number of nitrogens with one attached hydrogen (secondary N) is 1. The summed E-state index contributed by atoms with van der Waals surface area (Å²) < 4.78 is 2.42. The zero-order valence-electron chi connectivity index (χ0n) is 9.91. The number of aromatic nitrogens is 2. The third-order valence-electron chi connectivity index (χ3n) is 2.61. The molecule has 1 heterocycles. The van der Waals surface area contributed by atoms with Gasteiger partial charge in [0.1, 0.15) is 12.4 Å². The van der Waals surface area contributed by atoms with E-state index >= 15 is 0 Å². The van der Waals surface area contributed by atoms with Crippen LogP contribution in [0.3, 0.4) is 0 Å². The van der Waals surface area contributed by atoms with Crippen LogP contribution in [0.15, 0.2) is 41.5 Å². The first-order valence-electron chi connectivity index (χ1n) is 5.43. The summed E-state index contributed by atoms with van der Waals surface area (Å²) >= 11 is 0. The highest BCUT2D eigenvalue weighted by Crippen LogP contribution is 2.07. The second-order valence-corrected chi connectivity index (χ2v) is 3.93. The van der Waals surface area contributed by atoms with E-state index in [1.165, 1.54) is 17.0 Å². The lowest BCUT2D eigenvalue weighted by Gasteiger charge is -2.03. The molecule has 0 radical (unpaired) electrons. The molecule has 0 saturated carbocycles. The van der Waals surface area contributed by atoms with Crippen molar-refractivity contribution >= 4 is 11.8 Å². The molecule has 0 fully saturated rings. The Hall–Kier alpha value is -2.83. The van der Waals surface area contributed by atoms with Crippen LogP contribution in [-0.4, -0.2) is 26.0 Å². The Morgan fingerprint density at radius 1 is 1.26 bits per heavy atom. The van der Waals surface area contributed by atoms with Gasteiger partial charge in [-0.2, -0.15) is 0 Å². The van der Waals surface area contributed by atoms with Gasteiger partial charge in [0.15, 0.2) is 0 Å². The van der Waals surface area contributed by atoms with Gasteiger partial charge in [-0.1, -0.05) is 0 Å². The molecule has 0 aliphatic rings. The van der Waals surface area contributed by atoms with Crippen molar-refractivity contribution in [2.45, 2.75) is 6.54 Å². The fourth-order valence-electron chi connectivity index (χ4n) is 1.68. The minimum atomic E-state index is -1.08. The van der Waals surface area contributed by atoms with Crippen LogP contribution in [0.5, 0.6) is 0 Å². The van der Waals surface area contributed by atoms with E-state index in [1.54, 1.807) is 24.3 Å². The van der Waals surface area contributed by atoms with E-state index in [4.69, 9.17) is 16.2 Å². The summed E-state index contributed by atoms with van der Waals surface area (Å²) in [4.78, 5) is 22.5. The molecule has 0 spiro atoms. The maximum atomic E-state index is 11.9. The predicted octanol–water partition coefficient (Wildman–Crippen LogP) is 0.00767. The Morgan fingerprint density at radius 3 is 2.42 bits per heavy atom. The smallest absolute Gasteiger partial charge is 0.333 e. The molecule has 2 aromatic rings. The molecule has 2 rings (SSSR count). The molecule has 4 N–H and O–H groups in total. The highest BCUT2D eigenvalue weighted by molar-refractivity contribution is 5.95. The molecule has 0 saturated heterocycles. The van der Waals surface area contributed by atoms with Crippen molar-refractivity contribution in [2.24, 2.45) is 5.73 Å². The maximum Gasteiger partial charge on any atom is 0.333 e. The number of hydrogen-bond acceptors (Lipinski definition) is 3. The van der Waals surface area contributed by atoms with Crippen LogP contribution in [-0.2, 0) is 11.3 Å². The average molecular weight is 260 g/mol. The van der Waals surface area contributed by atoms with Crippen LogP contribution in [0.25, 0.3) is 5.69 Å². The number of nitrogens with zero attached hydrogens (tertiary/aromatic N) is 2. The Bertz CT molecular complexity index is 682. The van der Waals surface area contributed by atoms with Crippen molar-refractivity contribution in [3.05, 3.63) is 52.7 Å². The normalized spacial score (nSPS) is 10.3. The molecule has 1 aromatic heterocycles. The molecule has 0 amide bonds. The molecule has 0 aliphatic heterocycles. The average Bonchev–Trinajstić information content (AvgIpc) is 2.70. The van der Waals surface area contributed by atoms with E-state index in [1.807, 2.05) is 0 Å². The van der Waals surface area contributed by atoms with Crippen molar-refractivity contribution in [1.29, 1.82) is 5.41 Å². The standard InChI is InChI=1S/C12H12N4O3/c13-11(14)8-1-3-9(4-2-8)16-6-5-15(12(16)19)7-10(17)18/h1-6H,7H2,(H3,13,14)(H,17,18). The number of hydrogen-bond donors (Lipinski definition) is 3. The number of nitrogens with two attached hydrogens (primary N) is 1. The maximum absolute atomic E-state index is 11.9. The molecular formula is C12H12N4O3. The number of imidazole rings is 1.